The van der Waals surface area contributed by atoms with Crippen LogP contribution >= 0.6 is 24.0 Å². The second kappa shape index (κ2) is 13.5. The molecular weight excluding hydrogens is 509 g/mol. The fourth-order valence-corrected chi connectivity index (χ4v) is 2.61. The van der Waals surface area contributed by atoms with Crippen molar-refractivity contribution >= 4 is 29.9 Å². The maximum absolute atomic E-state index is 5.95. The summed E-state index contributed by atoms with van der Waals surface area (Å²) in [6.45, 7) is 13.2. The van der Waals surface area contributed by atoms with Gasteiger partial charge in [0.15, 0.2) is 11.8 Å². The van der Waals surface area contributed by atoms with Crippen molar-refractivity contribution in [2.75, 3.05) is 26.9 Å². The van der Waals surface area contributed by atoms with Crippen molar-refractivity contribution in [2.24, 2.45) is 4.99 Å². The van der Waals surface area contributed by atoms with Crippen molar-refractivity contribution < 1.29 is 14.0 Å². The Bertz CT molecular complexity index is 818. The number of hydrogen-bond donors (Lipinski definition) is 2. The van der Waals surface area contributed by atoms with Crippen LogP contribution in [0.1, 0.15) is 57.0 Å². The van der Waals surface area contributed by atoms with Crippen LogP contribution in [0, 0.1) is 6.92 Å². The first-order valence-electron chi connectivity index (χ1n) is 10.4. The van der Waals surface area contributed by atoms with Crippen molar-refractivity contribution in [3.63, 3.8) is 0 Å². The summed E-state index contributed by atoms with van der Waals surface area (Å²) in [5, 5.41) is 10.5. The molecule has 9 heteroatoms. The lowest BCUT2D eigenvalue weighted by Crippen LogP contribution is -2.37. The number of aryl methyl sites for hydroxylation is 1. The summed E-state index contributed by atoms with van der Waals surface area (Å²) in [7, 11) is 1.70. The maximum atomic E-state index is 5.95. The highest BCUT2D eigenvalue weighted by Crippen LogP contribution is 2.22. The van der Waals surface area contributed by atoms with Crippen molar-refractivity contribution in [3.8, 4) is 5.75 Å². The minimum absolute atomic E-state index is 0. The molecule has 8 nitrogen and oxygen atoms in total. The first-order chi connectivity index (χ1) is 14.3. The third kappa shape index (κ3) is 9.42. The fourth-order valence-electron chi connectivity index (χ4n) is 2.61. The summed E-state index contributed by atoms with van der Waals surface area (Å²) in [5.74, 6) is 2.77. The molecule has 1 aromatic heterocycles. The Morgan fingerprint density at radius 1 is 1.19 bits per heavy atom. The van der Waals surface area contributed by atoms with Crippen molar-refractivity contribution in [1.29, 1.82) is 0 Å². The van der Waals surface area contributed by atoms with Crippen molar-refractivity contribution in [3.05, 3.63) is 41.0 Å². The van der Waals surface area contributed by atoms with Gasteiger partial charge in [0.05, 0.1) is 19.7 Å². The molecule has 0 bridgehead atoms. The fraction of sp³-hybridized carbons (Fsp3) is 0.591. The molecule has 0 spiro atoms. The summed E-state index contributed by atoms with van der Waals surface area (Å²) in [4.78, 5) is 9.14. The topological polar surface area (TPSA) is 93.8 Å². The third-order valence-electron chi connectivity index (χ3n) is 4.25. The zero-order valence-electron chi connectivity index (χ0n) is 19.4. The van der Waals surface area contributed by atoms with E-state index in [2.05, 4.69) is 39.8 Å². The standard InChI is InChI=1S/C22H35N5O3.HI/c1-7-23-21(25-15-19-26-20(30-27-19)22(3,4)5)24-14-17-10-9-16(2)13-18(17)29-12-8-11-28-6;/h9-10,13H,7-8,11-12,14-15H2,1-6H3,(H2,23,24,25);1H. The van der Waals surface area contributed by atoms with E-state index in [1.807, 2.05) is 33.8 Å². The van der Waals surface area contributed by atoms with Crippen LogP contribution in [0.5, 0.6) is 5.75 Å². The molecule has 0 atom stereocenters. The van der Waals surface area contributed by atoms with Crippen LogP contribution in [0.25, 0.3) is 0 Å². The molecule has 0 fully saturated rings. The van der Waals surface area contributed by atoms with E-state index in [4.69, 9.17) is 19.0 Å². The predicted molar refractivity (Wildman–Crippen MR) is 133 cm³/mol. The number of guanidine groups is 1. The molecule has 0 amide bonds. The van der Waals surface area contributed by atoms with Gasteiger partial charge in [0.2, 0.25) is 5.89 Å². The molecule has 0 aliphatic rings. The Morgan fingerprint density at radius 3 is 2.61 bits per heavy atom. The molecule has 0 saturated heterocycles. The number of ether oxygens (including phenoxy) is 2. The van der Waals surface area contributed by atoms with Gasteiger partial charge >= 0.3 is 0 Å². The van der Waals surface area contributed by atoms with Gasteiger partial charge in [-0.25, -0.2) is 4.99 Å². The normalized spacial score (nSPS) is 11.7. The van der Waals surface area contributed by atoms with E-state index in [0.717, 1.165) is 29.8 Å². The number of aliphatic imine (C=N–C) groups is 1. The van der Waals surface area contributed by atoms with Crippen LogP contribution in [-0.4, -0.2) is 43.0 Å². The smallest absolute Gasteiger partial charge is 0.232 e. The summed E-state index contributed by atoms with van der Waals surface area (Å²) < 4.78 is 16.4. The molecule has 1 heterocycles. The molecule has 0 unspecified atom stereocenters. The molecule has 0 saturated carbocycles. The van der Waals surface area contributed by atoms with E-state index in [-0.39, 0.29) is 29.4 Å². The van der Waals surface area contributed by atoms with Gasteiger partial charge in [-0.3, -0.25) is 0 Å². The summed E-state index contributed by atoms with van der Waals surface area (Å²) in [6.07, 6.45) is 0.846. The highest BCUT2D eigenvalue weighted by atomic mass is 127. The molecule has 31 heavy (non-hydrogen) atoms. The molecule has 0 aliphatic heterocycles. The predicted octanol–water partition coefficient (Wildman–Crippen LogP) is 3.96. The van der Waals surface area contributed by atoms with Gasteiger partial charge in [-0.15, -0.1) is 24.0 Å². The first kappa shape index (κ1) is 27.2. The lowest BCUT2D eigenvalue weighted by molar-refractivity contribution is 0.172. The minimum atomic E-state index is -0.172. The number of aromatic nitrogens is 2. The van der Waals surface area contributed by atoms with E-state index in [9.17, 15) is 0 Å². The quantitative estimate of drug-likeness (QED) is 0.202. The summed E-state index contributed by atoms with van der Waals surface area (Å²) >= 11 is 0. The molecule has 2 rings (SSSR count). The Balaban J connectivity index is 0.00000480. The van der Waals surface area contributed by atoms with Gasteiger partial charge in [-0.2, -0.15) is 4.98 Å². The monoisotopic (exact) mass is 545 g/mol. The van der Waals surface area contributed by atoms with Crippen LogP contribution in [0.2, 0.25) is 0 Å². The molecule has 2 N–H and O–H groups in total. The zero-order chi connectivity index (χ0) is 22.0. The number of nitrogens with zero attached hydrogens (tertiary/aromatic N) is 3. The number of rotatable bonds is 10. The average molecular weight is 545 g/mol. The molecule has 174 valence electrons. The summed E-state index contributed by atoms with van der Waals surface area (Å²) in [5.41, 5.74) is 2.01. The van der Waals surface area contributed by atoms with Gasteiger partial charge in [0.25, 0.3) is 0 Å². The van der Waals surface area contributed by atoms with Gasteiger partial charge in [0, 0.05) is 37.7 Å². The largest absolute Gasteiger partial charge is 0.493 e. The van der Waals surface area contributed by atoms with E-state index in [0.29, 0.717) is 44.0 Å². The lowest BCUT2D eigenvalue weighted by Gasteiger charge is -2.13. The number of benzene rings is 1. The van der Waals surface area contributed by atoms with Gasteiger partial charge in [-0.1, -0.05) is 38.1 Å². The van der Waals surface area contributed by atoms with Gasteiger partial charge in [0.1, 0.15) is 5.75 Å². The minimum Gasteiger partial charge on any atom is -0.493 e. The zero-order valence-corrected chi connectivity index (χ0v) is 21.8. The second-order valence-electron chi connectivity index (χ2n) is 8.12. The molecule has 0 radical (unpaired) electrons. The number of halogens is 1. The first-order valence-corrected chi connectivity index (χ1v) is 10.4. The highest BCUT2D eigenvalue weighted by Gasteiger charge is 2.21. The number of hydrogen-bond acceptors (Lipinski definition) is 6. The van der Waals surface area contributed by atoms with E-state index < -0.39 is 0 Å². The highest BCUT2D eigenvalue weighted by molar-refractivity contribution is 14.0. The third-order valence-corrected chi connectivity index (χ3v) is 4.25. The Hall–Kier alpha value is -1.88. The maximum Gasteiger partial charge on any atom is 0.232 e. The second-order valence-corrected chi connectivity index (χ2v) is 8.12. The Morgan fingerprint density at radius 2 is 1.97 bits per heavy atom. The van der Waals surface area contributed by atoms with E-state index in [1.165, 1.54) is 0 Å². The van der Waals surface area contributed by atoms with Crippen LogP contribution in [0.4, 0.5) is 0 Å². The Labute approximate surface area is 202 Å². The van der Waals surface area contributed by atoms with Gasteiger partial charge < -0.3 is 24.6 Å². The van der Waals surface area contributed by atoms with Crippen LogP contribution < -0.4 is 15.4 Å². The van der Waals surface area contributed by atoms with Gasteiger partial charge in [-0.05, 0) is 25.5 Å². The van der Waals surface area contributed by atoms with Crippen LogP contribution in [-0.2, 0) is 23.2 Å². The molecular formula is C22H36IN5O3. The van der Waals surface area contributed by atoms with E-state index in [1.54, 1.807) is 7.11 Å². The molecule has 1 aromatic carbocycles. The van der Waals surface area contributed by atoms with Crippen molar-refractivity contribution in [2.45, 2.75) is 59.5 Å². The van der Waals surface area contributed by atoms with Crippen LogP contribution in [0.3, 0.4) is 0 Å². The average Bonchev–Trinajstić information content (AvgIpc) is 3.18. The number of nitrogens with one attached hydrogen (secondary N) is 2. The lowest BCUT2D eigenvalue weighted by atomic mass is 9.97. The molecule has 2 aromatic rings. The van der Waals surface area contributed by atoms with Crippen LogP contribution in [0.15, 0.2) is 27.7 Å². The molecule has 0 aliphatic carbocycles. The number of methoxy groups -OCH3 is 1. The summed E-state index contributed by atoms with van der Waals surface area (Å²) in [6, 6.07) is 6.18. The van der Waals surface area contributed by atoms with Crippen molar-refractivity contribution in [1.82, 2.24) is 20.8 Å². The SMILES string of the molecule is CCNC(=NCc1ccc(C)cc1OCCCOC)NCc1noc(C(C)(C)C)n1.I. The van der Waals surface area contributed by atoms with E-state index >= 15 is 0 Å². The Kier molecular flexibility index (Phi) is 11.8.